The second kappa shape index (κ2) is 13.3. The van der Waals surface area contributed by atoms with E-state index < -0.39 is 43.8 Å². The van der Waals surface area contributed by atoms with Crippen LogP contribution in [0.15, 0.2) is 71.0 Å². The van der Waals surface area contributed by atoms with Gasteiger partial charge in [0.2, 0.25) is 5.91 Å². The molecule has 38 heavy (non-hydrogen) atoms. The summed E-state index contributed by atoms with van der Waals surface area (Å²) in [7, 11) is -7.14. The Morgan fingerprint density at radius 2 is 1.79 bits per heavy atom. The number of carbonyl (C=O) groups is 2. The van der Waals surface area contributed by atoms with Gasteiger partial charge in [-0.15, -0.1) is 0 Å². The first-order chi connectivity index (χ1) is 17.9. The molecular weight excluding hydrogens is 530 g/mol. The molecule has 4 N–H and O–H groups in total. The van der Waals surface area contributed by atoms with Gasteiger partial charge in [-0.1, -0.05) is 48.5 Å². The Balaban J connectivity index is 1.64. The summed E-state index contributed by atoms with van der Waals surface area (Å²) in [4.78, 5) is 25.5. The number of nitrogens with one attached hydrogen (secondary N) is 2. The van der Waals surface area contributed by atoms with E-state index in [1.807, 2.05) is 0 Å². The van der Waals surface area contributed by atoms with E-state index in [4.69, 9.17) is 10.5 Å². The summed E-state index contributed by atoms with van der Waals surface area (Å²) >= 11 is 0. The molecule has 1 fully saturated rings. The van der Waals surface area contributed by atoms with Crippen molar-refractivity contribution >= 4 is 31.4 Å². The quantitative estimate of drug-likeness (QED) is 0.315. The second-order valence-corrected chi connectivity index (χ2v) is 13.2. The largest absolute Gasteiger partial charge is 0.367 e. The van der Waals surface area contributed by atoms with Crippen LogP contribution in [0, 0.1) is 0 Å². The average Bonchev–Trinajstić information content (AvgIpc) is 2.90. The van der Waals surface area contributed by atoms with Gasteiger partial charge < -0.3 is 21.1 Å². The van der Waals surface area contributed by atoms with E-state index in [9.17, 15) is 26.4 Å². The Morgan fingerprint density at radius 3 is 2.39 bits per heavy atom. The number of nitrogens with two attached hydrogens (primary N) is 1. The maximum absolute atomic E-state index is 12.8. The number of ether oxygens (including phenoxy) is 1. The number of hydrogen-bond donors (Lipinski definition) is 3. The van der Waals surface area contributed by atoms with Gasteiger partial charge in [-0.25, -0.2) is 16.8 Å². The van der Waals surface area contributed by atoms with Gasteiger partial charge in [0.15, 0.2) is 15.6 Å². The van der Waals surface area contributed by atoms with Gasteiger partial charge in [0.25, 0.3) is 0 Å². The third-order valence-corrected chi connectivity index (χ3v) is 8.36. The predicted molar refractivity (Wildman–Crippen MR) is 144 cm³/mol. The van der Waals surface area contributed by atoms with Crippen LogP contribution in [0.1, 0.15) is 22.3 Å². The Hall–Kier alpha value is -2.90. The van der Waals surface area contributed by atoms with Crippen LogP contribution in [0.25, 0.3) is 0 Å². The lowest BCUT2D eigenvalue weighted by Gasteiger charge is -2.22. The molecule has 3 atom stereocenters. The molecule has 0 radical (unpaired) electrons. The SMILES string of the molecule is CS(=O)(=O)CC[C@@H](C=CS(=O)(=O)c1ccccc1)NC(=O)[C@@H](N)Cc1ccc(C(=O)C2CNCCO2)cc1. The molecule has 2 aromatic carbocycles. The van der Waals surface area contributed by atoms with E-state index >= 15 is 0 Å². The monoisotopic (exact) mass is 563 g/mol. The number of Topliss-reactive ketones (excluding diaryl/α,β-unsaturated/α-hetero) is 1. The summed E-state index contributed by atoms with van der Waals surface area (Å²) in [5.74, 6) is -0.942. The van der Waals surface area contributed by atoms with Crippen molar-refractivity contribution in [1.82, 2.24) is 10.6 Å². The van der Waals surface area contributed by atoms with Crippen molar-refractivity contribution in [2.75, 3.05) is 31.7 Å². The third kappa shape index (κ3) is 9.14. The number of morpholine rings is 1. The van der Waals surface area contributed by atoms with E-state index in [0.29, 0.717) is 25.3 Å². The molecule has 0 spiro atoms. The Bertz CT molecular complexity index is 1340. The first kappa shape index (κ1) is 29.7. The number of hydrogen-bond acceptors (Lipinski definition) is 9. The molecule has 12 heteroatoms. The van der Waals surface area contributed by atoms with E-state index in [-0.39, 0.29) is 29.3 Å². The van der Waals surface area contributed by atoms with E-state index in [1.165, 1.54) is 18.2 Å². The topological polar surface area (TPSA) is 162 Å². The van der Waals surface area contributed by atoms with Crippen LogP contribution in [-0.2, 0) is 35.6 Å². The molecule has 1 unspecified atom stereocenters. The molecule has 1 heterocycles. The van der Waals surface area contributed by atoms with Crippen LogP contribution in [0.3, 0.4) is 0 Å². The van der Waals surface area contributed by atoms with Crippen molar-refractivity contribution in [3.63, 3.8) is 0 Å². The molecule has 1 aliphatic heterocycles. The minimum absolute atomic E-state index is 0.0208. The van der Waals surface area contributed by atoms with Crippen molar-refractivity contribution < 1.29 is 31.2 Å². The highest BCUT2D eigenvalue weighted by atomic mass is 32.2. The number of rotatable bonds is 12. The fraction of sp³-hybridized carbons (Fsp3) is 0.385. The number of carbonyl (C=O) groups excluding carboxylic acids is 2. The molecule has 3 rings (SSSR count). The molecule has 10 nitrogen and oxygen atoms in total. The van der Waals surface area contributed by atoms with Crippen molar-refractivity contribution in [1.29, 1.82) is 0 Å². The number of sulfone groups is 2. The highest BCUT2D eigenvalue weighted by Gasteiger charge is 2.24. The van der Waals surface area contributed by atoms with Crippen LogP contribution < -0.4 is 16.4 Å². The minimum Gasteiger partial charge on any atom is -0.367 e. The first-order valence-electron chi connectivity index (χ1n) is 12.1. The summed E-state index contributed by atoms with van der Waals surface area (Å²) in [5.41, 5.74) is 7.32. The Labute approximate surface area is 223 Å². The molecule has 1 amide bonds. The standard InChI is InChI=1S/C26H33N3O7S2/c1-37(32,33)15-11-21(12-16-38(34,35)22-5-3-2-4-6-22)29-26(31)23(27)17-19-7-9-20(10-8-19)25(30)24-18-28-13-14-36-24/h2-10,12,16,21,23-24,28H,11,13-15,17-18,27H2,1H3,(H,29,31)/t21-,23-,24?/m0/s1. The van der Waals surface area contributed by atoms with E-state index in [0.717, 1.165) is 17.2 Å². The van der Waals surface area contributed by atoms with Crippen LogP contribution in [0.4, 0.5) is 0 Å². The van der Waals surface area contributed by atoms with E-state index in [2.05, 4.69) is 10.6 Å². The molecule has 0 aliphatic carbocycles. The summed E-state index contributed by atoms with van der Waals surface area (Å²) < 4.78 is 54.1. The van der Waals surface area contributed by atoms with Crippen molar-refractivity contribution in [2.45, 2.75) is 35.9 Å². The van der Waals surface area contributed by atoms with Gasteiger partial charge in [0.1, 0.15) is 15.9 Å². The number of ketones is 1. The van der Waals surface area contributed by atoms with Gasteiger partial charge in [-0.2, -0.15) is 0 Å². The molecule has 0 bridgehead atoms. The van der Waals surface area contributed by atoms with Crippen LogP contribution >= 0.6 is 0 Å². The first-order valence-corrected chi connectivity index (χ1v) is 15.7. The van der Waals surface area contributed by atoms with Gasteiger partial charge >= 0.3 is 0 Å². The Kier molecular flexibility index (Phi) is 10.3. The van der Waals surface area contributed by atoms with E-state index in [1.54, 1.807) is 42.5 Å². The molecule has 2 aromatic rings. The molecule has 0 aromatic heterocycles. The summed E-state index contributed by atoms with van der Waals surface area (Å²) in [6.07, 6.45) is 1.93. The molecule has 1 aliphatic rings. The highest BCUT2D eigenvalue weighted by molar-refractivity contribution is 7.94. The molecular formula is C26H33N3O7S2. The van der Waals surface area contributed by atoms with Crippen molar-refractivity contribution in [2.24, 2.45) is 5.73 Å². The lowest BCUT2D eigenvalue weighted by Crippen LogP contribution is -2.46. The van der Waals surface area contributed by atoms with Crippen molar-refractivity contribution in [3.05, 3.63) is 77.2 Å². The molecule has 0 saturated carbocycles. The lowest BCUT2D eigenvalue weighted by atomic mass is 10.00. The summed E-state index contributed by atoms with van der Waals surface area (Å²) in [6, 6.07) is 12.6. The smallest absolute Gasteiger partial charge is 0.237 e. The fourth-order valence-corrected chi connectivity index (χ4v) is 5.58. The van der Waals surface area contributed by atoms with Crippen molar-refractivity contribution in [3.8, 4) is 0 Å². The van der Waals surface area contributed by atoms with Crippen LogP contribution in [-0.4, -0.2) is 78.4 Å². The minimum atomic E-state index is -3.79. The maximum atomic E-state index is 12.8. The fourth-order valence-electron chi connectivity index (χ4n) is 3.81. The molecule has 206 valence electrons. The van der Waals surface area contributed by atoms with Gasteiger partial charge in [0.05, 0.1) is 23.3 Å². The number of amides is 1. The zero-order chi connectivity index (χ0) is 27.8. The zero-order valence-electron chi connectivity index (χ0n) is 21.1. The lowest BCUT2D eigenvalue weighted by molar-refractivity contribution is -0.122. The third-order valence-electron chi connectivity index (χ3n) is 5.94. The van der Waals surface area contributed by atoms with Crippen LogP contribution in [0.2, 0.25) is 0 Å². The summed E-state index contributed by atoms with van der Waals surface area (Å²) in [6.45, 7) is 1.63. The van der Waals surface area contributed by atoms with Crippen LogP contribution in [0.5, 0.6) is 0 Å². The number of benzene rings is 2. The summed E-state index contributed by atoms with van der Waals surface area (Å²) in [5, 5.41) is 6.72. The second-order valence-electron chi connectivity index (χ2n) is 9.16. The zero-order valence-corrected chi connectivity index (χ0v) is 22.7. The predicted octanol–water partition coefficient (Wildman–Crippen LogP) is 0.635. The highest BCUT2D eigenvalue weighted by Crippen LogP contribution is 2.14. The van der Waals surface area contributed by atoms with Gasteiger partial charge in [0, 0.05) is 36.4 Å². The van der Waals surface area contributed by atoms with Gasteiger partial charge in [-0.3, -0.25) is 9.59 Å². The molecule has 1 saturated heterocycles. The maximum Gasteiger partial charge on any atom is 0.237 e. The Morgan fingerprint density at radius 1 is 1.11 bits per heavy atom. The van der Waals surface area contributed by atoms with Gasteiger partial charge in [-0.05, 0) is 30.5 Å². The normalized spacial score (nSPS) is 18.1. The average molecular weight is 564 g/mol.